The molecule has 1 heterocycles. The summed E-state index contributed by atoms with van der Waals surface area (Å²) in [5.41, 5.74) is 2.34. The largest absolute Gasteiger partial charge is 0.493 e. The molecule has 2 aromatic rings. The number of aryl methyl sites for hydroxylation is 1. The van der Waals surface area contributed by atoms with Gasteiger partial charge in [0.1, 0.15) is 0 Å². The first-order chi connectivity index (χ1) is 12.9. The highest BCUT2D eigenvalue weighted by atomic mass is 32.2. The number of thiocarbonyl (C=S) groups is 1. The molecule has 8 heteroatoms. The molecule has 0 spiro atoms. The molecule has 1 amide bonds. The van der Waals surface area contributed by atoms with E-state index in [9.17, 15) is 13.6 Å². The van der Waals surface area contributed by atoms with E-state index in [1.54, 1.807) is 12.1 Å². The molecule has 140 valence electrons. The van der Waals surface area contributed by atoms with Crippen molar-refractivity contribution in [3.63, 3.8) is 0 Å². The van der Waals surface area contributed by atoms with E-state index in [1.807, 2.05) is 31.2 Å². The third kappa shape index (κ3) is 4.28. The number of thioether (sulfide) groups is 1. The summed E-state index contributed by atoms with van der Waals surface area (Å²) in [6.07, 6.45) is 1.64. The van der Waals surface area contributed by atoms with Gasteiger partial charge in [0.15, 0.2) is 15.8 Å². The molecule has 0 aromatic heterocycles. The predicted molar refractivity (Wildman–Crippen MR) is 106 cm³/mol. The molecule has 27 heavy (non-hydrogen) atoms. The number of hydrogen-bond donors (Lipinski definition) is 0. The van der Waals surface area contributed by atoms with Gasteiger partial charge >= 0.3 is 6.61 Å². The maximum Gasteiger partial charge on any atom is 0.387 e. The third-order valence-electron chi connectivity index (χ3n) is 3.76. The standard InChI is InChI=1S/C19H15F2NO3S2/c1-11-4-3-5-13(8-11)22-17(23)16(27-19(22)26)10-12-6-7-14(25-18(20)21)15(9-12)24-2/h3-10,18H,1-2H3/b16-10+. The van der Waals surface area contributed by atoms with E-state index in [2.05, 4.69) is 4.74 Å². The Kier molecular flexibility index (Phi) is 5.76. The van der Waals surface area contributed by atoms with Crippen LogP contribution in [0.2, 0.25) is 0 Å². The van der Waals surface area contributed by atoms with Gasteiger partial charge in [0.05, 0.1) is 17.7 Å². The van der Waals surface area contributed by atoms with E-state index in [0.717, 1.165) is 5.56 Å². The Morgan fingerprint density at radius 2 is 1.96 bits per heavy atom. The molecule has 0 N–H and O–H groups in total. The lowest BCUT2D eigenvalue weighted by atomic mass is 10.1. The lowest BCUT2D eigenvalue weighted by molar-refractivity contribution is -0.113. The second-order valence-electron chi connectivity index (χ2n) is 5.64. The van der Waals surface area contributed by atoms with Gasteiger partial charge in [-0.15, -0.1) is 0 Å². The third-order valence-corrected chi connectivity index (χ3v) is 5.06. The molecule has 3 rings (SSSR count). The average Bonchev–Trinajstić information content (AvgIpc) is 2.89. The van der Waals surface area contributed by atoms with Crippen LogP contribution in [0, 0.1) is 6.92 Å². The number of anilines is 1. The maximum atomic E-state index is 12.8. The molecule has 4 nitrogen and oxygen atoms in total. The Balaban J connectivity index is 1.89. The van der Waals surface area contributed by atoms with Crippen molar-refractivity contribution in [2.45, 2.75) is 13.5 Å². The summed E-state index contributed by atoms with van der Waals surface area (Å²) in [6, 6.07) is 12.0. The van der Waals surface area contributed by atoms with Gasteiger partial charge in [0, 0.05) is 0 Å². The Morgan fingerprint density at radius 1 is 1.19 bits per heavy atom. The van der Waals surface area contributed by atoms with Crippen LogP contribution in [-0.4, -0.2) is 23.9 Å². The number of benzene rings is 2. The number of ether oxygens (including phenoxy) is 2. The van der Waals surface area contributed by atoms with E-state index in [-0.39, 0.29) is 17.4 Å². The normalized spacial score (nSPS) is 15.7. The summed E-state index contributed by atoms with van der Waals surface area (Å²) in [7, 11) is 1.36. The highest BCUT2D eigenvalue weighted by Crippen LogP contribution is 2.37. The first kappa shape index (κ1) is 19.3. The van der Waals surface area contributed by atoms with Crippen molar-refractivity contribution >= 4 is 46.0 Å². The van der Waals surface area contributed by atoms with Crippen molar-refractivity contribution in [3.8, 4) is 11.5 Å². The van der Waals surface area contributed by atoms with Crippen molar-refractivity contribution in [2.24, 2.45) is 0 Å². The molecule has 1 aliphatic heterocycles. The van der Waals surface area contributed by atoms with Crippen molar-refractivity contribution in [2.75, 3.05) is 12.0 Å². The molecule has 1 aliphatic rings. The van der Waals surface area contributed by atoms with Crippen LogP contribution < -0.4 is 14.4 Å². The van der Waals surface area contributed by atoms with Crippen LogP contribution in [0.1, 0.15) is 11.1 Å². The Hall–Kier alpha value is -2.45. The lowest BCUT2D eigenvalue weighted by Gasteiger charge is -2.14. The van der Waals surface area contributed by atoms with Crippen LogP contribution in [0.15, 0.2) is 47.4 Å². The van der Waals surface area contributed by atoms with Crippen molar-refractivity contribution in [1.29, 1.82) is 0 Å². The SMILES string of the molecule is COc1cc(/C=C2/SC(=S)N(c3cccc(C)c3)C2=O)ccc1OC(F)F. The average molecular weight is 407 g/mol. The minimum atomic E-state index is -2.95. The van der Waals surface area contributed by atoms with Crippen LogP contribution in [0.5, 0.6) is 11.5 Å². The summed E-state index contributed by atoms with van der Waals surface area (Å²) >= 11 is 6.53. The summed E-state index contributed by atoms with van der Waals surface area (Å²) in [6.45, 7) is -1.01. The fourth-order valence-electron chi connectivity index (χ4n) is 2.58. The highest BCUT2D eigenvalue weighted by Gasteiger charge is 2.33. The van der Waals surface area contributed by atoms with Crippen LogP contribution in [-0.2, 0) is 4.79 Å². The van der Waals surface area contributed by atoms with E-state index >= 15 is 0 Å². The van der Waals surface area contributed by atoms with Crippen molar-refractivity contribution in [1.82, 2.24) is 0 Å². The number of methoxy groups -OCH3 is 1. The molecule has 0 bridgehead atoms. The monoisotopic (exact) mass is 407 g/mol. The molecular formula is C19H15F2NO3S2. The topological polar surface area (TPSA) is 38.8 Å². The Bertz CT molecular complexity index is 931. The minimum absolute atomic E-state index is 0.0723. The predicted octanol–water partition coefficient (Wildman–Crippen LogP) is 5.01. The van der Waals surface area contributed by atoms with Gasteiger partial charge in [0.2, 0.25) is 0 Å². The molecule has 0 unspecified atom stereocenters. The molecule has 1 saturated heterocycles. The highest BCUT2D eigenvalue weighted by molar-refractivity contribution is 8.27. The zero-order valence-corrected chi connectivity index (χ0v) is 16.1. The van der Waals surface area contributed by atoms with Crippen LogP contribution >= 0.6 is 24.0 Å². The zero-order valence-electron chi connectivity index (χ0n) is 14.4. The first-order valence-corrected chi connectivity index (χ1v) is 9.09. The van der Waals surface area contributed by atoms with Gasteiger partial charge in [0.25, 0.3) is 5.91 Å². The molecule has 0 aliphatic carbocycles. The van der Waals surface area contributed by atoms with Crippen molar-refractivity contribution in [3.05, 3.63) is 58.5 Å². The van der Waals surface area contributed by atoms with Crippen LogP contribution in [0.3, 0.4) is 0 Å². The fraction of sp³-hybridized carbons (Fsp3) is 0.158. The molecule has 2 aromatic carbocycles. The zero-order chi connectivity index (χ0) is 19.6. The number of carbonyl (C=O) groups excluding carboxylic acids is 1. The number of amides is 1. The molecule has 0 atom stereocenters. The lowest BCUT2D eigenvalue weighted by Crippen LogP contribution is -2.27. The van der Waals surface area contributed by atoms with Gasteiger partial charge in [-0.2, -0.15) is 8.78 Å². The Labute approximate surface area is 164 Å². The van der Waals surface area contributed by atoms with Gasteiger partial charge in [-0.05, 0) is 48.4 Å². The second-order valence-corrected chi connectivity index (χ2v) is 7.32. The minimum Gasteiger partial charge on any atom is -0.493 e. The summed E-state index contributed by atoms with van der Waals surface area (Å²) in [4.78, 5) is 14.7. The second kappa shape index (κ2) is 8.06. The van der Waals surface area contributed by atoms with Crippen molar-refractivity contribution < 1.29 is 23.0 Å². The molecule has 0 saturated carbocycles. The number of hydrogen-bond acceptors (Lipinski definition) is 5. The molecule has 1 fully saturated rings. The first-order valence-electron chi connectivity index (χ1n) is 7.86. The number of alkyl halides is 2. The van der Waals surface area contributed by atoms with E-state index in [0.29, 0.717) is 20.5 Å². The van der Waals surface area contributed by atoms with E-state index in [1.165, 1.54) is 35.9 Å². The number of nitrogens with zero attached hydrogens (tertiary/aromatic N) is 1. The number of rotatable bonds is 5. The van der Waals surface area contributed by atoms with Gasteiger partial charge in [-0.3, -0.25) is 9.69 Å². The van der Waals surface area contributed by atoms with Crippen LogP contribution in [0.25, 0.3) is 6.08 Å². The maximum absolute atomic E-state index is 12.8. The van der Waals surface area contributed by atoms with E-state index in [4.69, 9.17) is 17.0 Å². The molecule has 0 radical (unpaired) electrons. The van der Waals surface area contributed by atoms with Gasteiger partial charge in [-0.1, -0.05) is 42.2 Å². The summed E-state index contributed by atoms with van der Waals surface area (Å²) < 4.78 is 34.8. The quantitative estimate of drug-likeness (QED) is 0.515. The molecular weight excluding hydrogens is 392 g/mol. The van der Waals surface area contributed by atoms with Crippen LogP contribution in [0.4, 0.5) is 14.5 Å². The number of carbonyl (C=O) groups is 1. The smallest absolute Gasteiger partial charge is 0.387 e. The Morgan fingerprint density at radius 3 is 2.63 bits per heavy atom. The summed E-state index contributed by atoms with van der Waals surface area (Å²) in [5.74, 6) is -0.155. The van der Waals surface area contributed by atoms with Gasteiger partial charge in [-0.25, -0.2) is 0 Å². The summed E-state index contributed by atoms with van der Waals surface area (Å²) in [5, 5.41) is 0. The fourth-order valence-corrected chi connectivity index (χ4v) is 3.88. The van der Waals surface area contributed by atoms with E-state index < -0.39 is 6.61 Å². The number of halogens is 2. The van der Waals surface area contributed by atoms with Gasteiger partial charge < -0.3 is 9.47 Å².